The molecule has 0 saturated heterocycles. The third kappa shape index (κ3) is 3.98. The minimum Gasteiger partial charge on any atom is -0.465 e. The number of ether oxygens (including phenoxy) is 1. The molecule has 0 aromatic carbocycles. The van der Waals surface area contributed by atoms with Gasteiger partial charge >= 0.3 is 5.97 Å². The highest BCUT2D eigenvalue weighted by Gasteiger charge is 2.18. The zero-order valence-electron chi connectivity index (χ0n) is 7.33. The first-order valence-electron chi connectivity index (χ1n) is 3.94. The quantitative estimate of drug-likeness (QED) is 0.623. The van der Waals surface area contributed by atoms with Crippen molar-refractivity contribution in [3.63, 3.8) is 0 Å². The summed E-state index contributed by atoms with van der Waals surface area (Å²) in [6.45, 7) is 5.61. The van der Waals surface area contributed by atoms with Crippen LogP contribution in [0.4, 0.5) is 0 Å². The molecule has 0 aliphatic rings. The van der Waals surface area contributed by atoms with Crippen LogP contribution < -0.4 is 0 Å². The van der Waals surface area contributed by atoms with Crippen LogP contribution in [0.5, 0.6) is 0 Å². The fourth-order valence-corrected chi connectivity index (χ4v) is 0.531. The van der Waals surface area contributed by atoms with E-state index in [4.69, 9.17) is 9.84 Å². The molecule has 1 N–H and O–H groups in total. The molecule has 3 heteroatoms. The first-order chi connectivity index (χ1) is 5.09. The summed E-state index contributed by atoms with van der Waals surface area (Å²) in [7, 11) is 0. The molecule has 0 heterocycles. The lowest BCUT2D eigenvalue weighted by Crippen LogP contribution is -2.25. The first kappa shape index (κ1) is 10.4. The second-order valence-electron chi connectivity index (χ2n) is 2.70. The number of esters is 1. The Morgan fingerprint density at radius 2 is 2.09 bits per heavy atom. The van der Waals surface area contributed by atoms with Gasteiger partial charge in [-0.05, 0) is 20.3 Å². The summed E-state index contributed by atoms with van der Waals surface area (Å²) in [6.07, 6.45) is 0.192. The van der Waals surface area contributed by atoms with E-state index in [9.17, 15) is 4.79 Å². The molecular formula is C8H16O3. The van der Waals surface area contributed by atoms with Crippen molar-refractivity contribution >= 4 is 5.97 Å². The van der Waals surface area contributed by atoms with Crippen LogP contribution in [0.1, 0.15) is 27.2 Å². The van der Waals surface area contributed by atoms with Gasteiger partial charge in [0.1, 0.15) is 0 Å². The summed E-state index contributed by atoms with van der Waals surface area (Å²) in [6, 6.07) is 0. The molecule has 2 atom stereocenters. The second kappa shape index (κ2) is 5.13. The lowest BCUT2D eigenvalue weighted by atomic mass is 10.1. The van der Waals surface area contributed by atoms with E-state index in [1.165, 1.54) is 0 Å². The van der Waals surface area contributed by atoms with Crippen molar-refractivity contribution in [1.29, 1.82) is 0 Å². The molecule has 0 rings (SSSR count). The van der Waals surface area contributed by atoms with Gasteiger partial charge < -0.3 is 9.84 Å². The van der Waals surface area contributed by atoms with E-state index in [1.54, 1.807) is 13.8 Å². The molecule has 0 aromatic heterocycles. The predicted octanol–water partition coefficient (Wildman–Crippen LogP) is 0.956. The van der Waals surface area contributed by atoms with E-state index >= 15 is 0 Å². The van der Waals surface area contributed by atoms with Crippen LogP contribution in [0.2, 0.25) is 0 Å². The van der Waals surface area contributed by atoms with Gasteiger partial charge in [0, 0.05) is 0 Å². The van der Waals surface area contributed by atoms with Gasteiger partial charge in [-0.1, -0.05) is 6.92 Å². The van der Waals surface area contributed by atoms with E-state index < -0.39 is 12.0 Å². The lowest BCUT2D eigenvalue weighted by molar-refractivity contribution is -0.151. The van der Waals surface area contributed by atoms with Crippen LogP contribution in [0.15, 0.2) is 0 Å². The van der Waals surface area contributed by atoms with Crippen molar-refractivity contribution in [3.05, 3.63) is 0 Å². The van der Waals surface area contributed by atoms with Gasteiger partial charge in [0.25, 0.3) is 0 Å². The largest absolute Gasteiger partial charge is 0.465 e. The monoisotopic (exact) mass is 160 g/mol. The summed E-state index contributed by atoms with van der Waals surface area (Å²) in [4.78, 5) is 11.0. The number of rotatable bonds is 4. The molecule has 0 radical (unpaired) electrons. The molecule has 0 fully saturated rings. The van der Waals surface area contributed by atoms with Crippen molar-refractivity contribution in [3.8, 4) is 0 Å². The molecule has 0 spiro atoms. The second-order valence-corrected chi connectivity index (χ2v) is 2.70. The fraction of sp³-hybridized carbons (Fsp3) is 0.875. The molecule has 0 aromatic rings. The Kier molecular flexibility index (Phi) is 4.86. The van der Waals surface area contributed by atoms with E-state index in [1.807, 2.05) is 6.92 Å². The topological polar surface area (TPSA) is 46.5 Å². The number of aliphatic hydroxyl groups is 1. The number of hydrogen-bond donors (Lipinski definition) is 1. The predicted molar refractivity (Wildman–Crippen MR) is 42.1 cm³/mol. The van der Waals surface area contributed by atoms with E-state index in [2.05, 4.69) is 0 Å². The fourth-order valence-electron chi connectivity index (χ4n) is 0.531. The van der Waals surface area contributed by atoms with Crippen molar-refractivity contribution in [2.75, 3.05) is 6.61 Å². The molecule has 0 unspecified atom stereocenters. The Morgan fingerprint density at radius 1 is 1.55 bits per heavy atom. The van der Waals surface area contributed by atoms with Gasteiger partial charge in [-0.15, -0.1) is 0 Å². The van der Waals surface area contributed by atoms with Crippen LogP contribution in [0.25, 0.3) is 0 Å². The summed E-state index contributed by atoms with van der Waals surface area (Å²) >= 11 is 0. The maximum absolute atomic E-state index is 11.0. The van der Waals surface area contributed by atoms with Crippen molar-refractivity contribution in [2.45, 2.75) is 33.3 Å². The van der Waals surface area contributed by atoms with E-state index in [0.29, 0.717) is 6.61 Å². The maximum Gasteiger partial charge on any atom is 0.311 e. The normalized spacial score (nSPS) is 15.6. The van der Waals surface area contributed by atoms with Gasteiger partial charge in [-0.25, -0.2) is 0 Å². The molecule has 3 nitrogen and oxygen atoms in total. The van der Waals surface area contributed by atoms with Crippen LogP contribution >= 0.6 is 0 Å². The zero-order valence-corrected chi connectivity index (χ0v) is 7.33. The number of carbonyl (C=O) groups excluding carboxylic acids is 1. The summed E-state index contributed by atoms with van der Waals surface area (Å²) in [5, 5.41) is 8.99. The average Bonchev–Trinajstić information content (AvgIpc) is 1.98. The first-order valence-corrected chi connectivity index (χ1v) is 3.94. The molecule has 0 saturated carbocycles. The van der Waals surface area contributed by atoms with Crippen LogP contribution in [-0.4, -0.2) is 23.8 Å². The van der Waals surface area contributed by atoms with Crippen molar-refractivity contribution < 1.29 is 14.6 Å². The number of carbonyl (C=O) groups is 1. The van der Waals surface area contributed by atoms with Gasteiger partial charge in [0.2, 0.25) is 0 Å². The van der Waals surface area contributed by atoms with Gasteiger partial charge in [0.05, 0.1) is 18.6 Å². The maximum atomic E-state index is 11.0. The zero-order chi connectivity index (χ0) is 8.85. The Morgan fingerprint density at radius 3 is 2.45 bits per heavy atom. The molecule has 0 bridgehead atoms. The highest BCUT2D eigenvalue weighted by Crippen LogP contribution is 2.04. The highest BCUT2D eigenvalue weighted by molar-refractivity contribution is 5.72. The smallest absolute Gasteiger partial charge is 0.311 e. The van der Waals surface area contributed by atoms with Crippen molar-refractivity contribution in [2.24, 2.45) is 5.92 Å². The Labute approximate surface area is 67.4 Å². The molecule has 66 valence electrons. The minimum absolute atomic E-state index is 0.318. The molecule has 0 aliphatic heterocycles. The lowest BCUT2D eigenvalue weighted by Gasteiger charge is -2.12. The van der Waals surface area contributed by atoms with Crippen molar-refractivity contribution in [1.82, 2.24) is 0 Å². The standard InChI is InChI=1S/C8H16O3/c1-4-5-11-8(10)6(2)7(3)9/h6-7,9H,4-5H2,1-3H3/t6-,7-/m0/s1. The Balaban J connectivity index is 3.64. The van der Waals surface area contributed by atoms with Crippen LogP contribution in [0.3, 0.4) is 0 Å². The number of hydrogen-bond acceptors (Lipinski definition) is 3. The van der Waals surface area contributed by atoms with Gasteiger partial charge in [-0.2, -0.15) is 0 Å². The van der Waals surface area contributed by atoms with Gasteiger partial charge in [-0.3, -0.25) is 4.79 Å². The summed E-state index contributed by atoms with van der Waals surface area (Å²) in [5.74, 6) is -0.733. The van der Waals surface area contributed by atoms with Gasteiger partial charge in [0.15, 0.2) is 0 Å². The third-order valence-corrected chi connectivity index (χ3v) is 1.54. The molecular weight excluding hydrogens is 144 g/mol. The Bertz CT molecular complexity index is 121. The molecule has 0 amide bonds. The summed E-state index contributed by atoms with van der Waals surface area (Å²) < 4.78 is 4.82. The average molecular weight is 160 g/mol. The van der Waals surface area contributed by atoms with Crippen LogP contribution in [-0.2, 0) is 9.53 Å². The molecule has 11 heavy (non-hydrogen) atoms. The number of aliphatic hydroxyl groups excluding tert-OH is 1. The van der Waals surface area contributed by atoms with E-state index in [-0.39, 0.29) is 5.97 Å². The Hall–Kier alpha value is -0.570. The highest BCUT2D eigenvalue weighted by atomic mass is 16.5. The third-order valence-electron chi connectivity index (χ3n) is 1.54. The van der Waals surface area contributed by atoms with E-state index in [0.717, 1.165) is 6.42 Å². The van der Waals surface area contributed by atoms with Crippen LogP contribution in [0, 0.1) is 5.92 Å². The summed E-state index contributed by atoms with van der Waals surface area (Å²) in [5.41, 5.74) is 0. The molecule has 0 aliphatic carbocycles. The minimum atomic E-state index is -0.626. The SMILES string of the molecule is CCCOC(=O)[C@@H](C)[C@H](C)O.